The summed E-state index contributed by atoms with van der Waals surface area (Å²) in [6.45, 7) is 4.90. The van der Waals surface area contributed by atoms with Gasteiger partial charge >= 0.3 is 0 Å². The van der Waals surface area contributed by atoms with Gasteiger partial charge in [-0.25, -0.2) is 0 Å². The average Bonchev–Trinajstić information content (AvgIpc) is 2.88. The number of para-hydroxylation sites is 2. The first-order chi connectivity index (χ1) is 16.6. The van der Waals surface area contributed by atoms with Gasteiger partial charge < -0.3 is 19.3 Å². The Labute approximate surface area is 199 Å². The number of hydrogen-bond donors (Lipinski definition) is 0. The molecule has 6 nitrogen and oxygen atoms in total. The van der Waals surface area contributed by atoms with Crippen molar-refractivity contribution in [1.82, 2.24) is 0 Å². The summed E-state index contributed by atoms with van der Waals surface area (Å²) in [5.41, 5.74) is 3.22. The molecule has 0 aliphatic carbocycles. The molecular weight excluding hydrogens is 428 g/mol. The van der Waals surface area contributed by atoms with Gasteiger partial charge in [-0.2, -0.15) is 0 Å². The maximum absolute atomic E-state index is 13.7. The number of amides is 2. The van der Waals surface area contributed by atoms with Crippen molar-refractivity contribution >= 4 is 23.2 Å². The molecule has 2 atom stereocenters. The number of nitrogens with zero attached hydrogens (tertiary/aromatic N) is 2. The highest BCUT2D eigenvalue weighted by molar-refractivity contribution is 6.08. The van der Waals surface area contributed by atoms with Gasteiger partial charge in [0, 0.05) is 29.4 Å². The largest absolute Gasteiger partial charge is 0.486 e. The Morgan fingerprint density at radius 1 is 0.941 bits per heavy atom. The van der Waals surface area contributed by atoms with Crippen LogP contribution >= 0.6 is 0 Å². The fourth-order valence-corrected chi connectivity index (χ4v) is 4.91. The molecule has 0 bridgehead atoms. The van der Waals surface area contributed by atoms with Gasteiger partial charge in [0.1, 0.15) is 13.2 Å². The van der Waals surface area contributed by atoms with E-state index in [0.29, 0.717) is 43.1 Å². The Morgan fingerprint density at radius 3 is 2.41 bits per heavy atom. The van der Waals surface area contributed by atoms with Gasteiger partial charge in [-0.15, -0.1) is 0 Å². The number of carbonyl (C=O) groups excluding carboxylic acids is 2. The number of benzene rings is 3. The van der Waals surface area contributed by atoms with Crippen LogP contribution < -0.4 is 19.3 Å². The van der Waals surface area contributed by atoms with E-state index in [1.807, 2.05) is 78.2 Å². The van der Waals surface area contributed by atoms with Crippen LogP contribution in [0.2, 0.25) is 0 Å². The molecule has 0 N–H and O–H groups in total. The molecule has 6 heteroatoms. The van der Waals surface area contributed by atoms with Crippen molar-refractivity contribution < 1.29 is 19.1 Å². The van der Waals surface area contributed by atoms with Crippen LogP contribution in [-0.2, 0) is 4.79 Å². The van der Waals surface area contributed by atoms with Crippen molar-refractivity contribution in [3.8, 4) is 11.5 Å². The van der Waals surface area contributed by atoms with Crippen molar-refractivity contribution in [2.45, 2.75) is 38.8 Å². The van der Waals surface area contributed by atoms with E-state index in [0.717, 1.165) is 16.9 Å². The zero-order valence-electron chi connectivity index (χ0n) is 19.4. The molecular formula is C28H28N2O4. The molecule has 2 amide bonds. The third-order valence-electron chi connectivity index (χ3n) is 6.49. The Morgan fingerprint density at radius 2 is 1.65 bits per heavy atom. The van der Waals surface area contributed by atoms with Crippen LogP contribution in [0.3, 0.4) is 0 Å². The molecule has 174 valence electrons. The number of hydrogen-bond acceptors (Lipinski definition) is 4. The minimum atomic E-state index is -0.162. The highest BCUT2D eigenvalue weighted by Crippen LogP contribution is 2.43. The van der Waals surface area contributed by atoms with Crippen LogP contribution in [0.4, 0.5) is 11.4 Å². The predicted molar refractivity (Wildman–Crippen MR) is 132 cm³/mol. The van der Waals surface area contributed by atoms with Gasteiger partial charge in [-0.05, 0) is 55.3 Å². The van der Waals surface area contributed by atoms with Crippen LogP contribution in [0.5, 0.6) is 11.5 Å². The van der Waals surface area contributed by atoms with Gasteiger partial charge in [0.25, 0.3) is 5.91 Å². The van der Waals surface area contributed by atoms with Crippen molar-refractivity contribution in [2.75, 3.05) is 23.0 Å². The lowest BCUT2D eigenvalue weighted by Crippen LogP contribution is -2.47. The Balaban J connectivity index is 1.54. The highest BCUT2D eigenvalue weighted by Gasteiger charge is 2.38. The smallest absolute Gasteiger partial charge is 0.258 e. The summed E-state index contributed by atoms with van der Waals surface area (Å²) in [5, 5.41) is 0. The van der Waals surface area contributed by atoms with Crippen LogP contribution in [0, 0.1) is 0 Å². The summed E-state index contributed by atoms with van der Waals surface area (Å²) < 4.78 is 11.3. The summed E-state index contributed by atoms with van der Waals surface area (Å²) in [5.74, 6) is 1.22. The Hall–Kier alpha value is -3.80. The lowest BCUT2D eigenvalue weighted by molar-refractivity contribution is -0.118. The molecule has 0 fully saturated rings. The molecule has 0 spiro atoms. The third-order valence-corrected chi connectivity index (χ3v) is 6.49. The lowest BCUT2D eigenvalue weighted by atomic mass is 9.89. The first kappa shape index (κ1) is 22.0. The molecule has 5 rings (SSSR count). The van der Waals surface area contributed by atoms with Crippen LogP contribution in [0.25, 0.3) is 0 Å². The lowest BCUT2D eigenvalue weighted by Gasteiger charge is -2.43. The molecule has 3 aromatic carbocycles. The molecule has 0 aromatic heterocycles. The Bertz CT molecular complexity index is 1210. The molecule has 3 aromatic rings. The average molecular weight is 457 g/mol. The van der Waals surface area contributed by atoms with E-state index in [1.54, 1.807) is 18.2 Å². The number of fused-ring (bicyclic) bond motifs is 2. The molecule has 2 aliphatic heterocycles. The maximum Gasteiger partial charge on any atom is 0.258 e. The van der Waals surface area contributed by atoms with E-state index in [1.165, 1.54) is 0 Å². The van der Waals surface area contributed by atoms with Crippen molar-refractivity contribution in [2.24, 2.45) is 0 Å². The number of ether oxygens (including phenoxy) is 2. The fourth-order valence-electron chi connectivity index (χ4n) is 4.91. The number of carbonyl (C=O) groups is 2. The first-order valence-electron chi connectivity index (χ1n) is 11.8. The predicted octanol–water partition coefficient (Wildman–Crippen LogP) is 5.38. The molecule has 34 heavy (non-hydrogen) atoms. The van der Waals surface area contributed by atoms with E-state index in [4.69, 9.17) is 9.47 Å². The van der Waals surface area contributed by atoms with Crippen molar-refractivity contribution in [3.63, 3.8) is 0 Å². The molecule has 2 heterocycles. The van der Waals surface area contributed by atoms with Crippen LogP contribution in [0.1, 0.15) is 48.7 Å². The van der Waals surface area contributed by atoms with Crippen LogP contribution in [-0.4, -0.2) is 31.1 Å². The van der Waals surface area contributed by atoms with E-state index in [9.17, 15) is 9.59 Å². The monoisotopic (exact) mass is 456 g/mol. The normalized spacial score (nSPS) is 18.7. The summed E-state index contributed by atoms with van der Waals surface area (Å²) in [4.78, 5) is 30.6. The second kappa shape index (κ2) is 9.21. The van der Waals surface area contributed by atoms with Crippen molar-refractivity contribution in [1.29, 1.82) is 0 Å². The minimum absolute atomic E-state index is 0.0600. The van der Waals surface area contributed by atoms with E-state index < -0.39 is 0 Å². The summed E-state index contributed by atoms with van der Waals surface area (Å²) in [6.07, 6.45) is 1.04. The summed E-state index contributed by atoms with van der Waals surface area (Å²) >= 11 is 0. The third kappa shape index (κ3) is 3.89. The van der Waals surface area contributed by atoms with Gasteiger partial charge in [0.2, 0.25) is 5.91 Å². The topological polar surface area (TPSA) is 59.1 Å². The standard InChI is InChI=1S/C28H28N2O4/c1-3-27(31)30(21-9-5-4-6-10-21)24-17-19(2)29(23-12-8-7-11-22(23)24)28(32)20-13-14-25-26(18-20)34-16-15-33-25/h4-14,18-19,24H,3,15-17H2,1-2H3. The fraction of sp³-hybridized carbons (Fsp3) is 0.286. The second-order valence-corrected chi connectivity index (χ2v) is 8.65. The molecule has 0 radical (unpaired) electrons. The molecule has 0 saturated carbocycles. The number of anilines is 2. The maximum atomic E-state index is 13.7. The van der Waals surface area contributed by atoms with E-state index in [-0.39, 0.29) is 23.9 Å². The summed E-state index contributed by atoms with van der Waals surface area (Å²) in [7, 11) is 0. The molecule has 0 saturated heterocycles. The minimum Gasteiger partial charge on any atom is -0.486 e. The van der Waals surface area contributed by atoms with E-state index >= 15 is 0 Å². The highest BCUT2D eigenvalue weighted by atomic mass is 16.6. The first-order valence-corrected chi connectivity index (χ1v) is 11.8. The SMILES string of the molecule is CCC(=O)N(c1ccccc1)C1CC(C)N(C(=O)c2ccc3c(c2)OCCO3)c2ccccc21. The molecule has 2 unspecified atom stereocenters. The van der Waals surface area contributed by atoms with Gasteiger partial charge in [0.15, 0.2) is 11.5 Å². The zero-order chi connectivity index (χ0) is 23.7. The van der Waals surface area contributed by atoms with Gasteiger partial charge in [0.05, 0.1) is 6.04 Å². The summed E-state index contributed by atoms with van der Waals surface area (Å²) in [6, 6.07) is 22.7. The zero-order valence-corrected chi connectivity index (χ0v) is 19.4. The van der Waals surface area contributed by atoms with Crippen LogP contribution in [0.15, 0.2) is 72.8 Å². The van der Waals surface area contributed by atoms with Crippen molar-refractivity contribution in [3.05, 3.63) is 83.9 Å². The van der Waals surface area contributed by atoms with Gasteiger partial charge in [-0.3, -0.25) is 9.59 Å². The second-order valence-electron chi connectivity index (χ2n) is 8.65. The molecule has 2 aliphatic rings. The van der Waals surface area contributed by atoms with E-state index in [2.05, 4.69) is 0 Å². The Kier molecular flexibility index (Phi) is 5.97. The van der Waals surface area contributed by atoms with Gasteiger partial charge in [-0.1, -0.05) is 43.3 Å². The number of rotatable bonds is 4. The quantitative estimate of drug-likeness (QED) is 0.529.